The maximum atomic E-state index is 12.9. The molecule has 0 saturated carbocycles. The van der Waals surface area contributed by atoms with Gasteiger partial charge in [0, 0.05) is 11.1 Å². The van der Waals surface area contributed by atoms with Crippen LogP contribution in [0.2, 0.25) is 0 Å². The zero-order chi connectivity index (χ0) is 18.7. The zero-order valence-corrected chi connectivity index (χ0v) is 14.4. The summed E-state index contributed by atoms with van der Waals surface area (Å²) in [6.45, 7) is -0.922. The molecular formula is C17H16F2N4O2S. The number of aromatic nitrogens is 1. The molecule has 1 aliphatic heterocycles. The number of amides is 2. The molecule has 1 saturated heterocycles. The number of urea groups is 1. The first-order valence-electron chi connectivity index (χ1n) is 7.73. The number of anilines is 2. The summed E-state index contributed by atoms with van der Waals surface area (Å²) in [5, 5.41) is 16.8. The van der Waals surface area contributed by atoms with Crippen LogP contribution in [0.25, 0.3) is 0 Å². The molecule has 3 rings (SSSR count). The molecule has 2 amide bonds. The second kappa shape index (κ2) is 7.27. The SMILES string of the molecule is C#Cc1nc(NC(=O)N[C@@H](CO)c2ccc(N3CC(F)(F)C3)cc2)cs1. The van der Waals surface area contributed by atoms with Gasteiger partial charge in [0.25, 0.3) is 5.92 Å². The molecule has 1 fully saturated rings. The minimum atomic E-state index is -2.64. The lowest BCUT2D eigenvalue weighted by molar-refractivity contribution is -0.0262. The monoisotopic (exact) mass is 378 g/mol. The van der Waals surface area contributed by atoms with Crippen molar-refractivity contribution in [2.45, 2.75) is 12.0 Å². The molecule has 136 valence electrons. The molecule has 0 aliphatic carbocycles. The van der Waals surface area contributed by atoms with E-state index in [4.69, 9.17) is 6.42 Å². The molecule has 1 aromatic carbocycles. The number of nitrogens with one attached hydrogen (secondary N) is 2. The van der Waals surface area contributed by atoms with Crippen LogP contribution >= 0.6 is 11.3 Å². The van der Waals surface area contributed by atoms with E-state index in [9.17, 15) is 18.7 Å². The summed E-state index contributed by atoms with van der Waals surface area (Å²) in [7, 11) is 0. The number of carbonyl (C=O) groups excluding carboxylic acids is 1. The van der Waals surface area contributed by atoms with Gasteiger partial charge in [0.05, 0.1) is 25.7 Å². The average Bonchev–Trinajstić information content (AvgIpc) is 3.05. The first kappa shape index (κ1) is 18.1. The van der Waals surface area contributed by atoms with Crippen molar-refractivity contribution in [2.24, 2.45) is 0 Å². The van der Waals surface area contributed by atoms with Crippen LogP contribution in [-0.2, 0) is 0 Å². The fourth-order valence-electron chi connectivity index (χ4n) is 2.55. The Bertz CT molecular complexity index is 824. The highest BCUT2D eigenvalue weighted by Gasteiger charge is 2.43. The van der Waals surface area contributed by atoms with Crippen LogP contribution in [0.4, 0.5) is 25.1 Å². The first-order chi connectivity index (χ1) is 12.4. The Kier molecular flexibility index (Phi) is 5.06. The van der Waals surface area contributed by atoms with Gasteiger partial charge in [0.2, 0.25) is 0 Å². The highest BCUT2D eigenvalue weighted by Crippen LogP contribution is 2.32. The number of alkyl halides is 2. The van der Waals surface area contributed by atoms with Crippen molar-refractivity contribution in [3.05, 3.63) is 40.2 Å². The number of aliphatic hydroxyl groups is 1. The summed E-state index contributed by atoms with van der Waals surface area (Å²) >= 11 is 1.23. The van der Waals surface area contributed by atoms with Gasteiger partial charge < -0.3 is 15.3 Å². The summed E-state index contributed by atoms with van der Waals surface area (Å²) in [5.41, 5.74) is 1.33. The molecule has 3 N–H and O–H groups in total. The fraction of sp³-hybridized carbons (Fsp3) is 0.294. The van der Waals surface area contributed by atoms with Crippen molar-refractivity contribution in [3.63, 3.8) is 0 Å². The highest BCUT2D eigenvalue weighted by molar-refractivity contribution is 7.10. The predicted molar refractivity (Wildman–Crippen MR) is 95.6 cm³/mol. The molecule has 2 aromatic rings. The minimum Gasteiger partial charge on any atom is -0.394 e. The number of thiazole rings is 1. The summed E-state index contributed by atoms with van der Waals surface area (Å²) in [6, 6.07) is 5.56. The second-order valence-electron chi connectivity index (χ2n) is 5.82. The van der Waals surface area contributed by atoms with Crippen LogP contribution in [-0.4, -0.2) is 41.7 Å². The number of aliphatic hydroxyl groups excluding tert-OH is 1. The molecule has 2 heterocycles. The third-order valence-corrected chi connectivity index (χ3v) is 4.64. The quantitative estimate of drug-likeness (QED) is 0.699. The van der Waals surface area contributed by atoms with Gasteiger partial charge in [0.1, 0.15) is 5.82 Å². The smallest absolute Gasteiger partial charge is 0.320 e. The average molecular weight is 378 g/mol. The van der Waals surface area contributed by atoms with Crippen molar-refractivity contribution >= 4 is 28.9 Å². The summed E-state index contributed by atoms with van der Waals surface area (Å²) in [5.74, 6) is 0.0594. The lowest BCUT2D eigenvalue weighted by Gasteiger charge is -2.40. The third-order valence-electron chi connectivity index (χ3n) is 3.86. The lowest BCUT2D eigenvalue weighted by Crippen LogP contribution is -2.56. The summed E-state index contributed by atoms with van der Waals surface area (Å²) in [4.78, 5) is 17.6. The molecule has 26 heavy (non-hydrogen) atoms. The Morgan fingerprint density at radius 2 is 2.12 bits per heavy atom. The molecule has 1 aromatic heterocycles. The standard InChI is InChI=1S/C17H16F2N4O2S/c1-2-15-21-14(8-26-15)22-16(25)20-13(7-24)11-3-5-12(6-4-11)23-9-17(18,19)10-23/h1,3-6,8,13,24H,7,9-10H2,(H2,20,22,25)/t13-/m0/s1. The molecule has 6 nitrogen and oxygen atoms in total. The van der Waals surface area contributed by atoms with Gasteiger partial charge >= 0.3 is 6.03 Å². The van der Waals surface area contributed by atoms with Gasteiger partial charge in [-0.15, -0.1) is 17.8 Å². The molecule has 1 atom stereocenters. The van der Waals surface area contributed by atoms with Crippen LogP contribution < -0.4 is 15.5 Å². The number of halogens is 2. The van der Waals surface area contributed by atoms with Gasteiger partial charge in [-0.3, -0.25) is 5.32 Å². The Labute approximate surface area is 152 Å². The van der Waals surface area contributed by atoms with Crippen molar-refractivity contribution < 1.29 is 18.7 Å². The van der Waals surface area contributed by atoms with Crippen molar-refractivity contribution in [3.8, 4) is 12.3 Å². The Hall–Kier alpha value is -2.70. The van der Waals surface area contributed by atoms with Crippen molar-refractivity contribution in [1.29, 1.82) is 0 Å². The molecule has 1 aliphatic rings. The Morgan fingerprint density at radius 1 is 1.42 bits per heavy atom. The van der Waals surface area contributed by atoms with Crippen LogP contribution in [0.15, 0.2) is 29.6 Å². The molecule has 0 radical (unpaired) electrons. The van der Waals surface area contributed by atoms with E-state index < -0.39 is 18.0 Å². The van der Waals surface area contributed by atoms with Crippen molar-refractivity contribution in [1.82, 2.24) is 10.3 Å². The van der Waals surface area contributed by atoms with Gasteiger partial charge in [-0.2, -0.15) is 0 Å². The number of carbonyl (C=O) groups is 1. The van der Waals surface area contributed by atoms with Crippen LogP contribution in [0, 0.1) is 12.3 Å². The number of hydrogen-bond donors (Lipinski definition) is 3. The maximum absolute atomic E-state index is 12.9. The molecule has 0 unspecified atom stereocenters. The highest BCUT2D eigenvalue weighted by atomic mass is 32.1. The van der Waals surface area contributed by atoms with Gasteiger partial charge in [0.15, 0.2) is 5.01 Å². The van der Waals surface area contributed by atoms with E-state index in [1.165, 1.54) is 11.3 Å². The second-order valence-corrected chi connectivity index (χ2v) is 6.68. The lowest BCUT2D eigenvalue weighted by atomic mass is 10.0. The minimum absolute atomic E-state index is 0.302. The summed E-state index contributed by atoms with van der Waals surface area (Å²) < 4.78 is 25.9. The number of benzene rings is 1. The number of terminal acetylenes is 1. The molecule has 9 heteroatoms. The summed E-state index contributed by atoms with van der Waals surface area (Å²) in [6.07, 6.45) is 5.23. The van der Waals surface area contributed by atoms with Crippen LogP contribution in [0.5, 0.6) is 0 Å². The van der Waals surface area contributed by atoms with E-state index >= 15 is 0 Å². The van der Waals surface area contributed by atoms with Crippen LogP contribution in [0.3, 0.4) is 0 Å². The molecule has 0 bridgehead atoms. The maximum Gasteiger partial charge on any atom is 0.320 e. The molecular weight excluding hydrogens is 362 g/mol. The fourth-order valence-corrected chi connectivity index (χ4v) is 3.11. The largest absolute Gasteiger partial charge is 0.394 e. The Balaban J connectivity index is 1.59. The zero-order valence-electron chi connectivity index (χ0n) is 13.6. The number of hydrogen-bond acceptors (Lipinski definition) is 5. The van der Waals surface area contributed by atoms with E-state index in [-0.39, 0.29) is 19.7 Å². The van der Waals surface area contributed by atoms with E-state index in [0.717, 1.165) is 0 Å². The van der Waals surface area contributed by atoms with Gasteiger partial charge in [-0.25, -0.2) is 18.6 Å². The number of nitrogens with zero attached hydrogens (tertiary/aromatic N) is 2. The number of rotatable bonds is 5. The Morgan fingerprint density at radius 3 is 2.65 bits per heavy atom. The van der Waals surface area contributed by atoms with Gasteiger partial charge in [-0.1, -0.05) is 12.1 Å². The first-order valence-corrected chi connectivity index (χ1v) is 8.61. The predicted octanol–water partition coefficient (Wildman–Crippen LogP) is 2.43. The van der Waals surface area contributed by atoms with Crippen molar-refractivity contribution in [2.75, 3.05) is 29.9 Å². The molecule has 0 spiro atoms. The normalized spacial score (nSPS) is 16.3. The van der Waals surface area contributed by atoms with E-state index in [1.54, 1.807) is 34.5 Å². The van der Waals surface area contributed by atoms with Gasteiger partial charge in [-0.05, 0) is 23.6 Å². The van der Waals surface area contributed by atoms with E-state index in [2.05, 4.69) is 21.5 Å². The third kappa shape index (κ3) is 4.09. The topological polar surface area (TPSA) is 77.5 Å². The van der Waals surface area contributed by atoms with E-state index in [0.29, 0.717) is 22.1 Å². The van der Waals surface area contributed by atoms with E-state index in [1.807, 2.05) is 0 Å². The van der Waals surface area contributed by atoms with Crippen LogP contribution in [0.1, 0.15) is 16.6 Å².